The predicted octanol–water partition coefficient (Wildman–Crippen LogP) is 15.3. The van der Waals surface area contributed by atoms with Crippen LogP contribution in [0.25, 0.3) is 75.5 Å². The molecule has 1 aromatic heterocycles. The van der Waals surface area contributed by atoms with Crippen molar-refractivity contribution in [1.29, 1.82) is 0 Å². The van der Waals surface area contributed by atoms with E-state index in [0.29, 0.717) is 0 Å². The molecule has 0 aliphatic heterocycles. The number of fused-ring (bicyclic) bond motifs is 4. The van der Waals surface area contributed by atoms with Crippen molar-refractivity contribution in [3.8, 4) is 44.5 Å². The van der Waals surface area contributed by atoms with Gasteiger partial charge in [0.25, 0.3) is 0 Å². The Bertz CT molecular complexity index is 2920. The lowest BCUT2D eigenvalue weighted by atomic mass is 9.91. The average molecular weight is 706 g/mol. The highest BCUT2D eigenvalue weighted by atomic mass is 32.1. The molecular weight excluding hydrogens is 671 g/mol. The molecule has 0 atom stereocenters. The fraction of sp³-hybridized carbons (Fsp3) is 0. The van der Waals surface area contributed by atoms with Gasteiger partial charge in [-0.1, -0.05) is 164 Å². The molecule has 0 bridgehead atoms. The normalized spacial score (nSPS) is 11.3. The molecule has 10 aromatic rings. The van der Waals surface area contributed by atoms with Crippen LogP contribution in [0.2, 0.25) is 0 Å². The minimum atomic E-state index is 1.11. The molecule has 0 aliphatic carbocycles. The summed E-state index contributed by atoms with van der Waals surface area (Å²) in [5.41, 5.74) is 13.1. The fourth-order valence-electron chi connectivity index (χ4n) is 7.84. The molecule has 254 valence electrons. The molecule has 54 heavy (non-hydrogen) atoms. The zero-order chi connectivity index (χ0) is 35.8. The molecule has 0 radical (unpaired) electrons. The van der Waals surface area contributed by atoms with Gasteiger partial charge in [0.15, 0.2) is 0 Å². The maximum atomic E-state index is 2.38. The van der Waals surface area contributed by atoms with Crippen molar-refractivity contribution in [3.05, 3.63) is 212 Å². The fourth-order valence-corrected chi connectivity index (χ4v) is 8.98. The monoisotopic (exact) mass is 705 g/mol. The van der Waals surface area contributed by atoms with Crippen LogP contribution in [0.4, 0.5) is 17.1 Å². The van der Waals surface area contributed by atoms with Gasteiger partial charge in [-0.3, -0.25) is 0 Å². The topological polar surface area (TPSA) is 3.24 Å². The van der Waals surface area contributed by atoms with Crippen molar-refractivity contribution in [1.82, 2.24) is 0 Å². The smallest absolute Gasteiger partial charge is 0.0476 e. The van der Waals surface area contributed by atoms with E-state index in [9.17, 15) is 0 Å². The number of thiophene rings is 1. The van der Waals surface area contributed by atoms with Crippen LogP contribution in [-0.2, 0) is 0 Å². The lowest BCUT2D eigenvalue weighted by Gasteiger charge is -2.26. The Balaban J connectivity index is 1.04. The van der Waals surface area contributed by atoms with E-state index in [1.165, 1.54) is 75.5 Å². The Morgan fingerprint density at radius 2 is 0.778 bits per heavy atom. The summed E-state index contributed by atoms with van der Waals surface area (Å²) in [4.78, 5) is 2.38. The maximum absolute atomic E-state index is 2.38. The zero-order valence-corrected chi connectivity index (χ0v) is 30.4. The standard InChI is InChI=1S/C52H35NS/c1-2-12-36(13-3-1)37-24-28-42(29-25-37)53(44-32-33-50-49-21-8-9-23-51(49)54-52(50)35-44)43-30-26-39(27-31-43)46-19-6-7-20-47(46)40-16-10-17-41(34-40)48-22-11-15-38-14-4-5-18-45(38)48/h1-35H. The second kappa shape index (κ2) is 13.7. The van der Waals surface area contributed by atoms with Crippen molar-refractivity contribution < 1.29 is 0 Å². The van der Waals surface area contributed by atoms with Gasteiger partial charge in [-0.05, 0) is 104 Å². The molecule has 0 spiro atoms. The van der Waals surface area contributed by atoms with Gasteiger partial charge in [-0.15, -0.1) is 11.3 Å². The first-order valence-corrected chi connectivity index (χ1v) is 19.2. The third-order valence-corrected chi connectivity index (χ3v) is 11.6. The lowest BCUT2D eigenvalue weighted by molar-refractivity contribution is 1.29. The van der Waals surface area contributed by atoms with Crippen LogP contribution in [0, 0.1) is 0 Å². The number of benzene rings is 9. The molecule has 9 aromatic carbocycles. The van der Waals surface area contributed by atoms with E-state index < -0.39 is 0 Å². The molecule has 0 aliphatic rings. The summed E-state index contributed by atoms with van der Waals surface area (Å²) < 4.78 is 2.60. The van der Waals surface area contributed by atoms with Gasteiger partial charge < -0.3 is 4.90 Å². The molecule has 0 saturated carbocycles. The Morgan fingerprint density at radius 3 is 1.56 bits per heavy atom. The third-order valence-electron chi connectivity index (χ3n) is 10.5. The van der Waals surface area contributed by atoms with Crippen molar-refractivity contribution in [3.63, 3.8) is 0 Å². The minimum absolute atomic E-state index is 1.11. The number of nitrogens with zero attached hydrogens (tertiary/aromatic N) is 1. The molecule has 0 N–H and O–H groups in total. The van der Waals surface area contributed by atoms with E-state index in [2.05, 4.69) is 217 Å². The summed E-state index contributed by atoms with van der Waals surface area (Å²) >= 11 is 1.86. The van der Waals surface area contributed by atoms with E-state index in [-0.39, 0.29) is 0 Å². The van der Waals surface area contributed by atoms with Gasteiger partial charge in [0, 0.05) is 37.2 Å². The van der Waals surface area contributed by atoms with E-state index >= 15 is 0 Å². The predicted molar refractivity (Wildman–Crippen MR) is 233 cm³/mol. The van der Waals surface area contributed by atoms with Crippen LogP contribution in [0.1, 0.15) is 0 Å². The molecule has 0 fully saturated rings. The van der Waals surface area contributed by atoms with Crippen LogP contribution in [-0.4, -0.2) is 0 Å². The first kappa shape index (κ1) is 32.0. The Kier molecular flexibility index (Phi) is 8.09. The Morgan fingerprint density at radius 1 is 0.278 bits per heavy atom. The van der Waals surface area contributed by atoms with E-state index in [1.807, 2.05) is 11.3 Å². The van der Waals surface area contributed by atoms with Crippen LogP contribution in [0.3, 0.4) is 0 Å². The Labute approximate surface area is 319 Å². The largest absolute Gasteiger partial charge is 0.310 e. The molecule has 0 saturated heterocycles. The van der Waals surface area contributed by atoms with Crippen molar-refractivity contribution in [2.45, 2.75) is 0 Å². The summed E-state index contributed by atoms with van der Waals surface area (Å²) in [6.07, 6.45) is 0. The van der Waals surface area contributed by atoms with E-state index in [1.54, 1.807) is 0 Å². The van der Waals surface area contributed by atoms with Crippen molar-refractivity contribution >= 4 is 59.3 Å². The molecule has 1 nitrogen and oxygen atoms in total. The number of hydrogen-bond donors (Lipinski definition) is 0. The number of rotatable bonds is 7. The summed E-state index contributed by atoms with van der Waals surface area (Å²) in [6.45, 7) is 0. The summed E-state index contributed by atoms with van der Waals surface area (Å²) in [7, 11) is 0. The molecule has 2 heteroatoms. The van der Waals surface area contributed by atoms with Gasteiger partial charge in [0.05, 0.1) is 0 Å². The second-order valence-corrected chi connectivity index (χ2v) is 14.8. The summed E-state index contributed by atoms with van der Waals surface area (Å²) in [6, 6.07) is 77.1. The number of anilines is 3. The maximum Gasteiger partial charge on any atom is 0.0476 e. The molecule has 1 heterocycles. The first-order valence-electron chi connectivity index (χ1n) is 18.4. The van der Waals surface area contributed by atoms with Gasteiger partial charge in [-0.25, -0.2) is 0 Å². The van der Waals surface area contributed by atoms with Crippen molar-refractivity contribution in [2.24, 2.45) is 0 Å². The highest BCUT2D eigenvalue weighted by molar-refractivity contribution is 7.25. The minimum Gasteiger partial charge on any atom is -0.310 e. The molecule has 0 amide bonds. The van der Waals surface area contributed by atoms with Crippen LogP contribution >= 0.6 is 11.3 Å². The lowest BCUT2D eigenvalue weighted by Crippen LogP contribution is -2.09. The SMILES string of the molecule is c1ccc(-c2ccc(N(c3ccc(-c4ccccc4-c4cccc(-c5cccc6ccccc56)c4)cc3)c3ccc4c(c3)sc3ccccc34)cc2)cc1. The quantitative estimate of drug-likeness (QED) is 0.160. The molecule has 10 rings (SSSR count). The summed E-state index contributed by atoms with van der Waals surface area (Å²) in [5.74, 6) is 0. The van der Waals surface area contributed by atoms with Crippen LogP contribution < -0.4 is 4.90 Å². The van der Waals surface area contributed by atoms with E-state index in [4.69, 9.17) is 0 Å². The first-order chi connectivity index (χ1) is 26.8. The average Bonchev–Trinajstić information content (AvgIpc) is 3.62. The van der Waals surface area contributed by atoms with Gasteiger partial charge >= 0.3 is 0 Å². The van der Waals surface area contributed by atoms with Gasteiger partial charge in [0.1, 0.15) is 0 Å². The molecule has 0 unspecified atom stereocenters. The van der Waals surface area contributed by atoms with Gasteiger partial charge in [0.2, 0.25) is 0 Å². The second-order valence-electron chi connectivity index (χ2n) is 13.7. The van der Waals surface area contributed by atoms with E-state index in [0.717, 1.165) is 17.1 Å². The third kappa shape index (κ3) is 5.84. The molecular formula is C52H35NS. The number of hydrogen-bond acceptors (Lipinski definition) is 2. The zero-order valence-electron chi connectivity index (χ0n) is 29.6. The van der Waals surface area contributed by atoms with Crippen LogP contribution in [0.5, 0.6) is 0 Å². The Hall–Kier alpha value is -6.74. The highest BCUT2D eigenvalue weighted by Gasteiger charge is 2.16. The summed E-state index contributed by atoms with van der Waals surface area (Å²) in [5, 5.41) is 5.14. The van der Waals surface area contributed by atoms with Crippen molar-refractivity contribution in [2.75, 3.05) is 4.90 Å². The van der Waals surface area contributed by atoms with Crippen LogP contribution in [0.15, 0.2) is 212 Å². The van der Waals surface area contributed by atoms with Gasteiger partial charge in [-0.2, -0.15) is 0 Å². The highest BCUT2D eigenvalue weighted by Crippen LogP contribution is 2.42.